The Labute approximate surface area is 213 Å². The number of aromatic nitrogens is 1. The number of carbonyl (C=O) groups is 2. The van der Waals surface area contributed by atoms with Crippen LogP contribution in [-0.2, 0) is 16.1 Å². The Kier molecular flexibility index (Phi) is 8.08. The fraction of sp³-hybridized carbons (Fsp3) is 0.414. The molecule has 0 aliphatic carbocycles. The molecule has 0 bridgehead atoms. The second-order valence-electron chi connectivity index (χ2n) is 10.0. The van der Waals surface area contributed by atoms with Crippen molar-refractivity contribution in [2.75, 3.05) is 30.4 Å². The Morgan fingerprint density at radius 2 is 1.75 bits per heavy atom. The number of benzene rings is 2. The summed E-state index contributed by atoms with van der Waals surface area (Å²) in [5.41, 5.74) is 3.66. The van der Waals surface area contributed by atoms with Crippen molar-refractivity contribution >= 4 is 34.2 Å². The molecule has 7 nitrogen and oxygen atoms in total. The van der Waals surface area contributed by atoms with Gasteiger partial charge in [-0.1, -0.05) is 32.0 Å². The first-order chi connectivity index (χ1) is 17.3. The first-order valence-electron chi connectivity index (χ1n) is 12.7. The van der Waals surface area contributed by atoms with E-state index in [9.17, 15) is 9.59 Å². The average molecular weight is 489 g/mol. The monoisotopic (exact) mass is 488 g/mol. The molecule has 1 fully saturated rings. The van der Waals surface area contributed by atoms with Gasteiger partial charge >= 0.3 is 0 Å². The van der Waals surface area contributed by atoms with Crippen LogP contribution >= 0.6 is 0 Å². The molecule has 0 saturated carbocycles. The molecule has 2 amide bonds. The molecule has 3 aromatic rings. The van der Waals surface area contributed by atoms with Crippen LogP contribution in [0.25, 0.3) is 10.9 Å². The van der Waals surface area contributed by atoms with Gasteiger partial charge in [0.15, 0.2) is 0 Å². The van der Waals surface area contributed by atoms with Crippen LogP contribution < -0.4 is 20.3 Å². The summed E-state index contributed by atoms with van der Waals surface area (Å²) in [4.78, 5) is 32.1. The third-order valence-corrected chi connectivity index (χ3v) is 6.73. The third-order valence-electron chi connectivity index (χ3n) is 6.73. The van der Waals surface area contributed by atoms with E-state index >= 15 is 0 Å². The summed E-state index contributed by atoms with van der Waals surface area (Å²) in [6, 6.07) is 15.5. The number of pyridine rings is 1. The summed E-state index contributed by atoms with van der Waals surface area (Å²) in [5.74, 6) is 2.70. The number of carbonyl (C=O) groups excluding carboxylic acids is 2. The maximum absolute atomic E-state index is 12.5. The first-order valence-corrected chi connectivity index (χ1v) is 12.7. The summed E-state index contributed by atoms with van der Waals surface area (Å²) in [5, 5.41) is 6.79. The zero-order chi connectivity index (χ0) is 25.7. The molecular formula is C29H36N4O3. The predicted molar refractivity (Wildman–Crippen MR) is 144 cm³/mol. The summed E-state index contributed by atoms with van der Waals surface area (Å²) in [7, 11) is 1.60. The van der Waals surface area contributed by atoms with Crippen molar-refractivity contribution in [2.45, 2.75) is 46.6 Å². The molecule has 1 saturated heterocycles. The second kappa shape index (κ2) is 11.4. The van der Waals surface area contributed by atoms with Crippen LogP contribution in [0.5, 0.6) is 5.75 Å². The number of nitrogens with zero attached hydrogens (tertiary/aromatic N) is 2. The molecule has 2 N–H and O–H groups in total. The van der Waals surface area contributed by atoms with Gasteiger partial charge in [-0.25, -0.2) is 4.98 Å². The zero-order valence-corrected chi connectivity index (χ0v) is 21.6. The number of piperidine rings is 1. The fourth-order valence-corrected chi connectivity index (χ4v) is 5.05. The molecule has 1 aliphatic rings. The quantitative estimate of drug-likeness (QED) is 0.463. The van der Waals surface area contributed by atoms with Gasteiger partial charge in [0, 0.05) is 49.1 Å². The number of para-hydroxylation sites is 1. The molecule has 0 spiro atoms. The largest absolute Gasteiger partial charge is 0.496 e. The van der Waals surface area contributed by atoms with Crippen molar-refractivity contribution in [3.63, 3.8) is 0 Å². The molecular weight excluding hydrogens is 452 g/mol. The highest BCUT2D eigenvalue weighted by molar-refractivity contribution is 5.96. The Morgan fingerprint density at radius 1 is 1.03 bits per heavy atom. The minimum Gasteiger partial charge on any atom is -0.496 e. The molecule has 1 aromatic heterocycles. The lowest BCUT2D eigenvalue weighted by Gasteiger charge is -2.36. The Bertz CT molecular complexity index is 1230. The lowest BCUT2D eigenvalue weighted by atomic mass is 9.92. The first kappa shape index (κ1) is 25.5. The molecule has 4 rings (SSSR count). The number of rotatable bonds is 8. The fourth-order valence-electron chi connectivity index (χ4n) is 5.05. The summed E-state index contributed by atoms with van der Waals surface area (Å²) in [6.07, 6.45) is 1.48. The van der Waals surface area contributed by atoms with Crippen LogP contribution in [0.15, 0.2) is 48.5 Å². The van der Waals surface area contributed by atoms with Crippen LogP contribution in [0, 0.1) is 18.8 Å². The van der Waals surface area contributed by atoms with Crippen LogP contribution in [0.3, 0.4) is 0 Å². The normalized spacial score (nSPS) is 17.6. The third kappa shape index (κ3) is 6.33. The van der Waals surface area contributed by atoms with Gasteiger partial charge in [-0.2, -0.15) is 0 Å². The van der Waals surface area contributed by atoms with E-state index in [-0.39, 0.29) is 24.7 Å². The van der Waals surface area contributed by atoms with Crippen molar-refractivity contribution in [3.05, 3.63) is 59.7 Å². The van der Waals surface area contributed by atoms with E-state index in [0.717, 1.165) is 46.7 Å². The van der Waals surface area contributed by atoms with E-state index in [4.69, 9.17) is 9.72 Å². The SMILES string of the molecule is COc1ccccc1CNC(=O)CCC(=O)Nc1ccc2nc(N3C[C@H](C)C[C@@H](C)C3)cc(C)c2c1. The molecule has 2 aromatic carbocycles. The van der Waals surface area contributed by atoms with Crippen LogP contribution in [0.4, 0.5) is 11.5 Å². The van der Waals surface area contributed by atoms with Gasteiger partial charge in [0.1, 0.15) is 11.6 Å². The maximum atomic E-state index is 12.5. The van der Waals surface area contributed by atoms with Gasteiger partial charge in [-0.15, -0.1) is 0 Å². The topological polar surface area (TPSA) is 83.6 Å². The van der Waals surface area contributed by atoms with E-state index in [2.05, 4.69) is 42.4 Å². The second-order valence-corrected chi connectivity index (χ2v) is 10.0. The molecule has 7 heteroatoms. The minimum atomic E-state index is -0.194. The van der Waals surface area contributed by atoms with Crippen molar-refractivity contribution in [1.29, 1.82) is 0 Å². The van der Waals surface area contributed by atoms with Gasteiger partial charge in [0.25, 0.3) is 0 Å². The van der Waals surface area contributed by atoms with E-state index in [1.165, 1.54) is 6.42 Å². The van der Waals surface area contributed by atoms with Gasteiger partial charge in [0.2, 0.25) is 11.8 Å². The Balaban J connectivity index is 1.33. The summed E-state index contributed by atoms with van der Waals surface area (Å²) < 4.78 is 5.30. The van der Waals surface area contributed by atoms with E-state index in [1.807, 2.05) is 42.5 Å². The molecule has 190 valence electrons. The molecule has 1 aliphatic heterocycles. The Morgan fingerprint density at radius 3 is 2.50 bits per heavy atom. The van der Waals surface area contributed by atoms with Crippen LogP contribution in [0.1, 0.15) is 44.2 Å². The standard InChI is InChI=1S/C29H36N4O3/c1-19-13-20(2)18-33(17-19)27-14-21(3)24-15-23(9-10-25(24)32-27)31-29(35)12-11-28(34)30-16-22-7-5-6-8-26(22)36-4/h5-10,14-15,19-20H,11-13,16-18H2,1-4H3,(H,30,34)(H,31,35)/t19-,20-/m1/s1. The maximum Gasteiger partial charge on any atom is 0.224 e. The van der Waals surface area contributed by atoms with Crippen LogP contribution in [-0.4, -0.2) is 37.0 Å². The molecule has 2 atom stereocenters. The number of nitrogens with one attached hydrogen (secondary N) is 2. The highest BCUT2D eigenvalue weighted by Gasteiger charge is 2.23. The number of hydrogen-bond acceptors (Lipinski definition) is 5. The van der Waals surface area contributed by atoms with Crippen molar-refractivity contribution in [3.8, 4) is 5.75 Å². The van der Waals surface area contributed by atoms with E-state index < -0.39 is 0 Å². The summed E-state index contributed by atoms with van der Waals surface area (Å²) >= 11 is 0. The number of methoxy groups -OCH3 is 1. The predicted octanol–water partition coefficient (Wildman–Crippen LogP) is 5.07. The molecule has 2 heterocycles. The van der Waals surface area contributed by atoms with Gasteiger partial charge in [0.05, 0.1) is 12.6 Å². The van der Waals surface area contributed by atoms with E-state index in [0.29, 0.717) is 24.1 Å². The zero-order valence-electron chi connectivity index (χ0n) is 21.6. The van der Waals surface area contributed by atoms with Crippen molar-refractivity contribution in [1.82, 2.24) is 10.3 Å². The lowest BCUT2D eigenvalue weighted by Crippen LogP contribution is -2.39. The Hall–Kier alpha value is -3.61. The van der Waals surface area contributed by atoms with E-state index in [1.54, 1.807) is 7.11 Å². The van der Waals surface area contributed by atoms with Crippen molar-refractivity contribution < 1.29 is 14.3 Å². The molecule has 0 unspecified atom stereocenters. The number of anilines is 2. The smallest absolute Gasteiger partial charge is 0.224 e. The molecule has 0 radical (unpaired) electrons. The number of amides is 2. The van der Waals surface area contributed by atoms with Crippen molar-refractivity contribution in [2.24, 2.45) is 11.8 Å². The number of aryl methyl sites for hydroxylation is 1. The number of ether oxygens (including phenoxy) is 1. The minimum absolute atomic E-state index is 0.108. The van der Waals surface area contributed by atoms with Crippen LogP contribution in [0.2, 0.25) is 0 Å². The number of hydrogen-bond donors (Lipinski definition) is 2. The van der Waals surface area contributed by atoms with Gasteiger partial charge in [-0.3, -0.25) is 9.59 Å². The molecule has 36 heavy (non-hydrogen) atoms. The van der Waals surface area contributed by atoms with Gasteiger partial charge in [-0.05, 0) is 61.1 Å². The average Bonchev–Trinajstić information content (AvgIpc) is 2.86. The highest BCUT2D eigenvalue weighted by Crippen LogP contribution is 2.29. The summed E-state index contributed by atoms with van der Waals surface area (Å²) in [6.45, 7) is 9.11. The van der Waals surface area contributed by atoms with Gasteiger partial charge < -0.3 is 20.3 Å². The number of fused-ring (bicyclic) bond motifs is 1. The highest BCUT2D eigenvalue weighted by atomic mass is 16.5. The lowest BCUT2D eigenvalue weighted by molar-refractivity contribution is -0.124.